The zero-order valence-corrected chi connectivity index (χ0v) is 17.3. The van der Waals surface area contributed by atoms with Gasteiger partial charge in [-0.15, -0.1) is 0 Å². The lowest BCUT2D eigenvalue weighted by Gasteiger charge is -2.29. The Balaban J connectivity index is 1.86. The number of carboxylic acid groups (broad SMARTS) is 1. The molecular weight excluding hydrogens is 382 g/mol. The first-order chi connectivity index (χ1) is 13.5. The summed E-state index contributed by atoms with van der Waals surface area (Å²) in [5, 5.41) is 12.5. The Kier molecular flexibility index (Phi) is 5.60. The monoisotopic (exact) mass is 410 g/mol. The number of nitrogens with one attached hydrogen (secondary N) is 1. The van der Waals surface area contributed by atoms with Crippen molar-refractivity contribution in [3.05, 3.63) is 29.3 Å². The molecule has 1 aromatic rings. The van der Waals surface area contributed by atoms with E-state index in [0.29, 0.717) is 6.54 Å². The number of nitrogens with zero attached hydrogens (tertiary/aromatic N) is 1. The van der Waals surface area contributed by atoms with E-state index in [9.17, 15) is 23.5 Å². The lowest BCUT2D eigenvalue weighted by molar-refractivity contribution is -0.142. The molecule has 1 aliphatic carbocycles. The molecule has 6 nitrogen and oxygen atoms in total. The highest BCUT2D eigenvalue weighted by Crippen LogP contribution is 2.65. The highest BCUT2D eigenvalue weighted by Gasteiger charge is 2.69. The summed E-state index contributed by atoms with van der Waals surface area (Å²) in [7, 11) is 0. The fourth-order valence-corrected chi connectivity index (χ4v) is 4.59. The Bertz CT molecular complexity index is 827. The van der Waals surface area contributed by atoms with Crippen LogP contribution in [0, 0.1) is 28.9 Å². The van der Waals surface area contributed by atoms with Gasteiger partial charge in [-0.25, -0.2) is 13.6 Å². The Morgan fingerprint density at radius 3 is 2.55 bits per heavy atom. The second-order valence-corrected chi connectivity index (χ2v) is 8.85. The van der Waals surface area contributed by atoms with E-state index in [4.69, 9.17) is 4.74 Å². The molecule has 0 unspecified atom stereocenters. The van der Waals surface area contributed by atoms with Crippen molar-refractivity contribution in [2.75, 3.05) is 18.4 Å². The fourth-order valence-electron chi connectivity index (χ4n) is 4.59. The number of aliphatic carboxylic acids is 1. The molecular formula is C21H28F2N2O4. The predicted octanol–water partition coefficient (Wildman–Crippen LogP) is 3.37. The molecule has 1 amide bonds. The minimum atomic E-state index is -1.16. The first-order valence-corrected chi connectivity index (χ1v) is 9.87. The summed E-state index contributed by atoms with van der Waals surface area (Å²) in [6.07, 6.45) is -0.339. The number of benzene rings is 1. The molecule has 29 heavy (non-hydrogen) atoms. The van der Waals surface area contributed by atoms with Crippen molar-refractivity contribution in [1.82, 2.24) is 4.90 Å². The van der Waals surface area contributed by atoms with E-state index in [1.54, 1.807) is 6.92 Å². The topological polar surface area (TPSA) is 78.9 Å². The molecule has 0 bridgehead atoms. The summed E-state index contributed by atoms with van der Waals surface area (Å²) >= 11 is 0. The van der Waals surface area contributed by atoms with Crippen molar-refractivity contribution in [1.29, 1.82) is 0 Å². The number of likely N-dealkylation sites (tertiary alicyclic amines) is 1. The minimum absolute atomic E-state index is 0.0405. The standard InChI is InChI=1S/C21H28F2N2O4/c1-10(2)29-11(3)8-24-17-12(6-7-14(22)16(17)23)19(26)25-9-13-15(21(13,4)5)18(25)20(27)28/h6-7,10-11,13,15,18,24H,8-9H2,1-5H3,(H,27,28)/t11-,13-,15-,18-/m0/s1. The number of carbonyl (C=O) groups excluding carboxylic acids is 1. The summed E-state index contributed by atoms with van der Waals surface area (Å²) in [5.74, 6) is -3.98. The molecule has 0 radical (unpaired) electrons. The van der Waals surface area contributed by atoms with Crippen LogP contribution in [0.25, 0.3) is 0 Å². The van der Waals surface area contributed by atoms with Crippen LogP contribution in [-0.2, 0) is 9.53 Å². The second kappa shape index (κ2) is 7.55. The number of halogens is 2. The third kappa shape index (κ3) is 3.82. The van der Waals surface area contributed by atoms with Gasteiger partial charge in [0.2, 0.25) is 0 Å². The number of fused-ring (bicyclic) bond motifs is 1. The van der Waals surface area contributed by atoms with Crippen molar-refractivity contribution in [2.45, 2.75) is 52.9 Å². The van der Waals surface area contributed by atoms with Crippen molar-refractivity contribution in [3.63, 3.8) is 0 Å². The van der Waals surface area contributed by atoms with Crippen LogP contribution in [0.15, 0.2) is 12.1 Å². The number of amides is 1. The molecule has 4 atom stereocenters. The van der Waals surface area contributed by atoms with Crippen LogP contribution in [-0.4, -0.2) is 53.2 Å². The van der Waals surface area contributed by atoms with Crippen molar-refractivity contribution in [2.24, 2.45) is 17.3 Å². The number of ether oxygens (including phenoxy) is 1. The van der Waals surface area contributed by atoms with Gasteiger partial charge in [0.1, 0.15) is 6.04 Å². The van der Waals surface area contributed by atoms with Gasteiger partial charge in [0.25, 0.3) is 5.91 Å². The summed E-state index contributed by atoms with van der Waals surface area (Å²) in [4.78, 5) is 26.3. The van der Waals surface area contributed by atoms with E-state index < -0.39 is 29.6 Å². The Hall–Kier alpha value is -2.22. The van der Waals surface area contributed by atoms with Gasteiger partial charge in [0, 0.05) is 19.0 Å². The van der Waals surface area contributed by atoms with Gasteiger partial charge in [-0.1, -0.05) is 13.8 Å². The van der Waals surface area contributed by atoms with Crippen LogP contribution < -0.4 is 5.32 Å². The van der Waals surface area contributed by atoms with Gasteiger partial charge < -0.3 is 20.1 Å². The van der Waals surface area contributed by atoms with Crippen LogP contribution >= 0.6 is 0 Å². The van der Waals surface area contributed by atoms with E-state index in [2.05, 4.69) is 5.32 Å². The van der Waals surface area contributed by atoms with E-state index in [1.165, 1.54) is 11.0 Å². The third-order valence-corrected chi connectivity index (χ3v) is 6.12. The van der Waals surface area contributed by atoms with Crippen LogP contribution in [0.4, 0.5) is 14.5 Å². The maximum atomic E-state index is 14.5. The van der Waals surface area contributed by atoms with Gasteiger partial charge in [-0.05, 0) is 44.2 Å². The maximum Gasteiger partial charge on any atom is 0.326 e. The number of piperidine rings is 1. The Morgan fingerprint density at radius 1 is 1.31 bits per heavy atom. The smallest absolute Gasteiger partial charge is 0.326 e. The summed E-state index contributed by atoms with van der Waals surface area (Å²) in [6, 6.07) is 1.12. The number of carboxylic acids is 1. The molecule has 160 valence electrons. The highest BCUT2D eigenvalue weighted by molar-refractivity contribution is 6.02. The number of carbonyl (C=O) groups is 2. The first kappa shape index (κ1) is 21.5. The number of anilines is 1. The number of rotatable bonds is 7. The van der Waals surface area contributed by atoms with E-state index in [1.807, 2.05) is 27.7 Å². The van der Waals surface area contributed by atoms with Crippen LogP contribution in [0.1, 0.15) is 45.0 Å². The van der Waals surface area contributed by atoms with Crippen molar-refractivity contribution in [3.8, 4) is 0 Å². The molecule has 3 rings (SSSR count). The largest absolute Gasteiger partial charge is 0.480 e. The average molecular weight is 410 g/mol. The quantitative estimate of drug-likeness (QED) is 0.721. The maximum absolute atomic E-state index is 14.5. The van der Waals surface area contributed by atoms with Crippen molar-refractivity contribution >= 4 is 17.6 Å². The van der Waals surface area contributed by atoms with Gasteiger partial charge in [-0.3, -0.25) is 4.79 Å². The predicted molar refractivity (Wildman–Crippen MR) is 104 cm³/mol. The van der Waals surface area contributed by atoms with E-state index >= 15 is 0 Å². The molecule has 1 saturated heterocycles. The number of hydrogen-bond donors (Lipinski definition) is 2. The van der Waals surface area contributed by atoms with Crippen LogP contribution in [0.5, 0.6) is 0 Å². The molecule has 2 aliphatic rings. The molecule has 1 saturated carbocycles. The van der Waals surface area contributed by atoms with Crippen LogP contribution in [0.3, 0.4) is 0 Å². The average Bonchev–Trinajstić information content (AvgIpc) is 2.97. The van der Waals surface area contributed by atoms with E-state index in [-0.39, 0.29) is 47.3 Å². The summed E-state index contributed by atoms with van der Waals surface area (Å²) < 4.78 is 33.9. The molecule has 1 aromatic carbocycles. The van der Waals surface area contributed by atoms with Crippen LogP contribution in [0.2, 0.25) is 0 Å². The van der Waals surface area contributed by atoms with Gasteiger partial charge in [-0.2, -0.15) is 0 Å². The van der Waals surface area contributed by atoms with Crippen molar-refractivity contribution < 1.29 is 28.2 Å². The molecule has 2 N–H and O–H groups in total. The van der Waals surface area contributed by atoms with Gasteiger partial charge >= 0.3 is 5.97 Å². The second-order valence-electron chi connectivity index (χ2n) is 8.85. The highest BCUT2D eigenvalue weighted by atomic mass is 19.2. The number of hydrogen-bond acceptors (Lipinski definition) is 4. The molecule has 1 heterocycles. The lowest BCUT2D eigenvalue weighted by atomic mass is 10.00. The Morgan fingerprint density at radius 2 is 1.97 bits per heavy atom. The van der Waals surface area contributed by atoms with E-state index in [0.717, 1.165) is 6.07 Å². The van der Waals surface area contributed by atoms with Gasteiger partial charge in [0.15, 0.2) is 11.6 Å². The Labute approximate surface area is 169 Å². The molecule has 0 spiro atoms. The third-order valence-electron chi connectivity index (χ3n) is 6.12. The fraction of sp³-hybridized carbons (Fsp3) is 0.619. The molecule has 1 aliphatic heterocycles. The summed E-state index contributed by atoms with van der Waals surface area (Å²) in [5.41, 5.74) is -0.484. The zero-order valence-electron chi connectivity index (χ0n) is 17.3. The molecule has 8 heteroatoms. The van der Waals surface area contributed by atoms with Gasteiger partial charge in [0.05, 0.1) is 23.5 Å². The first-order valence-electron chi connectivity index (χ1n) is 9.87. The minimum Gasteiger partial charge on any atom is -0.480 e. The lowest BCUT2D eigenvalue weighted by Crippen LogP contribution is -2.45. The zero-order chi connectivity index (χ0) is 21.7. The summed E-state index contributed by atoms with van der Waals surface area (Å²) in [6.45, 7) is 9.93. The molecule has 0 aromatic heterocycles. The normalized spacial score (nSPS) is 25.7. The molecule has 2 fully saturated rings. The SMILES string of the molecule is CC(C)O[C@@H](C)CNc1c(C(=O)N2C[C@H]3[C@@H]([C@H]2C(=O)O)C3(C)C)ccc(F)c1F.